The van der Waals surface area contributed by atoms with Gasteiger partial charge in [0, 0.05) is 11.3 Å². The van der Waals surface area contributed by atoms with Crippen molar-refractivity contribution in [2.24, 2.45) is 0 Å². The molecule has 5 nitrogen and oxygen atoms in total. The number of hydrogen-bond acceptors (Lipinski definition) is 3. The van der Waals surface area contributed by atoms with E-state index in [0.29, 0.717) is 11.3 Å². The highest BCUT2D eigenvalue weighted by Gasteiger charge is 2.21. The molecule has 0 spiro atoms. The van der Waals surface area contributed by atoms with Crippen LogP contribution in [0.3, 0.4) is 0 Å². The largest absolute Gasteiger partial charge is 0.321 e. The Morgan fingerprint density at radius 2 is 1.56 bits per heavy atom. The van der Waals surface area contributed by atoms with Crippen LogP contribution in [0.25, 0.3) is 0 Å². The molecule has 0 saturated carbocycles. The lowest BCUT2D eigenvalue weighted by atomic mass is 9.98. The lowest BCUT2D eigenvalue weighted by Crippen LogP contribution is -2.18. The second kappa shape index (κ2) is 9.17. The van der Waals surface area contributed by atoms with Gasteiger partial charge in [0.15, 0.2) is 0 Å². The topological polar surface area (TPSA) is 75.3 Å². The highest BCUT2D eigenvalue weighted by Crippen LogP contribution is 2.29. The number of nitrogens with one attached hydrogen (secondary N) is 2. The van der Waals surface area contributed by atoms with Crippen LogP contribution in [0.5, 0.6) is 0 Å². The maximum atomic E-state index is 13.1. The molecule has 0 fully saturated rings. The SMILES string of the molecule is Cc1ccc(NS(=O)(=O)c2cc(C(=O)Nc3c(C)cccc3C(C)C)ccc2C)c(C)c1. The highest BCUT2D eigenvalue weighted by atomic mass is 32.2. The number of carbonyl (C=O) groups excluding carboxylic acids is 1. The Labute approximate surface area is 190 Å². The van der Waals surface area contributed by atoms with Crippen molar-refractivity contribution in [3.05, 3.63) is 88.0 Å². The van der Waals surface area contributed by atoms with Gasteiger partial charge in [0.2, 0.25) is 0 Å². The first-order valence-electron chi connectivity index (χ1n) is 10.6. The van der Waals surface area contributed by atoms with Crippen molar-refractivity contribution in [3.63, 3.8) is 0 Å². The molecule has 0 aliphatic rings. The molecule has 3 aromatic carbocycles. The Hall–Kier alpha value is -3.12. The molecule has 1 amide bonds. The average Bonchev–Trinajstić information content (AvgIpc) is 2.71. The Morgan fingerprint density at radius 1 is 0.844 bits per heavy atom. The first-order chi connectivity index (χ1) is 15.0. The predicted octanol–water partition coefficient (Wildman–Crippen LogP) is 6.10. The molecule has 3 rings (SSSR count). The van der Waals surface area contributed by atoms with Crippen molar-refractivity contribution < 1.29 is 13.2 Å². The number of aryl methyl sites for hydroxylation is 4. The molecule has 2 N–H and O–H groups in total. The first-order valence-corrected chi connectivity index (χ1v) is 12.1. The van der Waals surface area contributed by atoms with Crippen LogP contribution in [0.15, 0.2) is 59.5 Å². The predicted molar refractivity (Wildman–Crippen MR) is 131 cm³/mol. The third kappa shape index (κ3) is 5.02. The number of carbonyl (C=O) groups is 1. The third-order valence-corrected chi connectivity index (χ3v) is 7.04. The Morgan fingerprint density at radius 3 is 2.22 bits per heavy atom. The van der Waals surface area contributed by atoms with Gasteiger partial charge >= 0.3 is 0 Å². The van der Waals surface area contributed by atoms with E-state index in [4.69, 9.17) is 0 Å². The van der Waals surface area contributed by atoms with Crippen LogP contribution in [-0.2, 0) is 10.0 Å². The second-order valence-electron chi connectivity index (χ2n) is 8.55. The Balaban J connectivity index is 1.94. The van der Waals surface area contributed by atoms with E-state index < -0.39 is 10.0 Å². The zero-order chi connectivity index (χ0) is 23.6. The van der Waals surface area contributed by atoms with Gasteiger partial charge in [0.05, 0.1) is 10.6 Å². The molecule has 0 aliphatic heterocycles. The van der Waals surface area contributed by atoms with Crippen molar-refractivity contribution in [2.75, 3.05) is 10.0 Å². The summed E-state index contributed by atoms with van der Waals surface area (Å²) < 4.78 is 29.0. The van der Waals surface area contributed by atoms with E-state index in [0.717, 1.165) is 27.9 Å². The molecule has 0 heterocycles. The lowest BCUT2D eigenvalue weighted by Gasteiger charge is -2.17. The van der Waals surface area contributed by atoms with Gasteiger partial charge in [-0.25, -0.2) is 8.42 Å². The number of para-hydroxylation sites is 1. The van der Waals surface area contributed by atoms with E-state index in [1.807, 2.05) is 51.1 Å². The quantitative estimate of drug-likeness (QED) is 0.477. The molecular weight excluding hydrogens is 420 g/mol. The molecule has 3 aromatic rings. The van der Waals surface area contributed by atoms with Crippen LogP contribution in [-0.4, -0.2) is 14.3 Å². The van der Waals surface area contributed by atoms with Crippen LogP contribution >= 0.6 is 0 Å². The minimum absolute atomic E-state index is 0.0824. The van der Waals surface area contributed by atoms with Crippen molar-refractivity contribution >= 4 is 27.3 Å². The molecule has 0 saturated heterocycles. The van der Waals surface area contributed by atoms with E-state index in [9.17, 15) is 13.2 Å². The van der Waals surface area contributed by atoms with Gasteiger partial charge in [-0.3, -0.25) is 9.52 Å². The van der Waals surface area contributed by atoms with Gasteiger partial charge in [-0.1, -0.05) is 55.8 Å². The van der Waals surface area contributed by atoms with Crippen LogP contribution < -0.4 is 10.0 Å². The number of amides is 1. The Kier molecular flexibility index (Phi) is 6.74. The van der Waals surface area contributed by atoms with Crippen molar-refractivity contribution in [2.45, 2.75) is 52.4 Å². The van der Waals surface area contributed by atoms with Gasteiger partial charge in [-0.2, -0.15) is 0 Å². The molecule has 32 heavy (non-hydrogen) atoms. The third-order valence-electron chi connectivity index (χ3n) is 5.53. The zero-order valence-corrected chi connectivity index (χ0v) is 20.2. The molecule has 0 aliphatic carbocycles. The van der Waals surface area contributed by atoms with Crippen molar-refractivity contribution in [1.29, 1.82) is 0 Å². The average molecular weight is 451 g/mol. The van der Waals surface area contributed by atoms with Gasteiger partial charge in [-0.05, 0) is 74.1 Å². The summed E-state index contributed by atoms with van der Waals surface area (Å²) in [5.41, 5.74) is 6.03. The van der Waals surface area contributed by atoms with Crippen molar-refractivity contribution in [1.82, 2.24) is 0 Å². The fourth-order valence-electron chi connectivity index (χ4n) is 3.69. The lowest BCUT2D eigenvalue weighted by molar-refractivity contribution is 0.102. The fraction of sp³-hybridized carbons (Fsp3) is 0.269. The summed E-state index contributed by atoms with van der Waals surface area (Å²) in [6.07, 6.45) is 0. The van der Waals surface area contributed by atoms with Gasteiger partial charge < -0.3 is 5.32 Å². The smallest absolute Gasteiger partial charge is 0.262 e. The summed E-state index contributed by atoms with van der Waals surface area (Å²) in [4.78, 5) is 13.1. The van der Waals surface area contributed by atoms with Crippen molar-refractivity contribution in [3.8, 4) is 0 Å². The molecule has 0 aromatic heterocycles. The number of rotatable bonds is 6. The van der Waals surface area contributed by atoms with Gasteiger partial charge in [-0.15, -0.1) is 0 Å². The summed E-state index contributed by atoms with van der Waals surface area (Å²) in [5.74, 6) is -0.106. The molecule has 6 heteroatoms. The Bertz CT molecular complexity index is 1280. The summed E-state index contributed by atoms with van der Waals surface area (Å²) >= 11 is 0. The second-order valence-corrected chi connectivity index (χ2v) is 10.2. The fourth-order valence-corrected chi connectivity index (χ4v) is 5.09. The summed E-state index contributed by atoms with van der Waals surface area (Å²) in [5, 5.41) is 2.99. The van der Waals surface area contributed by atoms with E-state index in [1.165, 1.54) is 6.07 Å². The molecule has 0 atom stereocenters. The minimum Gasteiger partial charge on any atom is -0.321 e. The number of hydrogen-bond donors (Lipinski definition) is 2. The maximum absolute atomic E-state index is 13.1. The minimum atomic E-state index is -3.87. The standard InChI is InChI=1S/C26H30N2O3S/c1-16(2)22-9-7-8-19(5)25(22)27-26(29)21-12-11-18(4)24(15-21)32(30,31)28-23-13-10-17(3)14-20(23)6/h7-16,28H,1-6H3,(H,27,29). The van der Waals surface area contributed by atoms with Crippen LogP contribution in [0.4, 0.5) is 11.4 Å². The summed E-state index contributed by atoms with van der Waals surface area (Å²) in [6.45, 7) is 11.6. The van der Waals surface area contributed by atoms with E-state index in [-0.39, 0.29) is 22.3 Å². The number of benzene rings is 3. The van der Waals surface area contributed by atoms with E-state index in [2.05, 4.69) is 23.9 Å². The van der Waals surface area contributed by atoms with Gasteiger partial charge in [0.1, 0.15) is 0 Å². The van der Waals surface area contributed by atoms with Crippen LogP contribution in [0.2, 0.25) is 0 Å². The first kappa shape index (κ1) is 23.5. The maximum Gasteiger partial charge on any atom is 0.262 e. The molecular formula is C26H30N2O3S. The van der Waals surface area contributed by atoms with Crippen LogP contribution in [0, 0.1) is 27.7 Å². The van der Waals surface area contributed by atoms with Gasteiger partial charge in [0.25, 0.3) is 15.9 Å². The summed E-state index contributed by atoms with van der Waals surface area (Å²) in [6, 6.07) is 16.2. The highest BCUT2D eigenvalue weighted by molar-refractivity contribution is 7.92. The molecule has 0 bridgehead atoms. The number of anilines is 2. The monoisotopic (exact) mass is 450 g/mol. The van der Waals surface area contributed by atoms with E-state index in [1.54, 1.807) is 25.1 Å². The zero-order valence-electron chi connectivity index (χ0n) is 19.4. The molecule has 0 radical (unpaired) electrons. The normalized spacial score (nSPS) is 11.5. The molecule has 168 valence electrons. The summed E-state index contributed by atoms with van der Waals surface area (Å²) in [7, 11) is -3.87. The van der Waals surface area contributed by atoms with Crippen LogP contribution in [0.1, 0.15) is 57.9 Å². The molecule has 0 unspecified atom stereocenters. The van der Waals surface area contributed by atoms with E-state index >= 15 is 0 Å². The number of sulfonamides is 1.